The van der Waals surface area contributed by atoms with E-state index in [1.807, 2.05) is 0 Å². The van der Waals surface area contributed by atoms with E-state index in [-0.39, 0.29) is 84.9 Å². The summed E-state index contributed by atoms with van der Waals surface area (Å²) in [6.45, 7) is 0. The topological polar surface area (TPSA) is 80.3 Å². The van der Waals surface area contributed by atoms with Crippen LogP contribution in [-0.4, -0.2) is 0 Å². The first-order chi connectivity index (χ1) is 2.00. The van der Waals surface area contributed by atoms with Crippen LogP contribution < -0.4 is 59.8 Å². The first-order valence-corrected chi connectivity index (χ1v) is 2.54. The van der Waals surface area contributed by atoms with E-state index in [1.165, 1.54) is 0 Å². The summed E-state index contributed by atoms with van der Waals surface area (Å²) in [5, 5.41) is 0. The van der Waals surface area contributed by atoms with Gasteiger partial charge < -0.3 is 0 Å². The maximum absolute atomic E-state index is 8.58. The van der Waals surface area contributed by atoms with Crippen LogP contribution >= 0.6 is 0 Å². The van der Waals surface area contributed by atoms with E-state index in [4.69, 9.17) is 16.0 Å². The van der Waals surface area contributed by atoms with Gasteiger partial charge in [-0.25, -0.2) is 0 Å². The fraction of sp³-hybridized carbons (Fsp3) is 0. The molecule has 0 rings (SSSR count). The van der Waals surface area contributed by atoms with E-state index in [0.29, 0.717) is 0 Å². The Balaban J connectivity index is -0.0000000267. The van der Waals surface area contributed by atoms with Crippen molar-refractivity contribution < 1.29 is 114 Å². The molecule has 8 heavy (non-hydrogen) atoms. The van der Waals surface area contributed by atoms with Gasteiger partial charge in [0.2, 0.25) is 0 Å². The van der Waals surface area contributed by atoms with E-state index in [0.717, 1.165) is 0 Å². The Labute approximate surface area is 112 Å². The molecule has 0 bridgehead atoms. The molecule has 0 aromatic carbocycles. The molecule has 0 spiro atoms. The fourth-order valence-corrected chi connectivity index (χ4v) is 0. The van der Waals surface area contributed by atoms with Crippen molar-refractivity contribution in [2.24, 2.45) is 0 Å². The summed E-state index contributed by atoms with van der Waals surface area (Å²) in [7, 11) is 0. The van der Waals surface area contributed by atoms with Crippen LogP contribution in [0.5, 0.6) is 0 Å². The Kier molecular flexibility index (Phi) is 27.2. The van der Waals surface area contributed by atoms with Gasteiger partial charge in [0, 0.05) is 0 Å². The first kappa shape index (κ1) is 22.4. The van der Waals surface area contributed by atoms with Crippen molar-refractivity contribution in [1.29, 1.82) is 0 Å². The average Bonchev–Trinajstić information content (AvgIpc) is 0.722. The van der Waals surface area contributed by atoms with Gasteiger partial charge in [-0.2, -0.15) is 0 Å². The predicted octanol–water partition coefficient (Wildman–Crippen LogP) is -5.62. The summed E-state index contributed by atoms with van der Waals surface area (Å²) in [5.74, 6) is 0. The first-order valence-electron chi connectivity index (χ1n) is 0.617. The molecule has 0 amide bonds. The molecule has 0 saturated carbocycles. The molecule has 0 atom stereocenters. The molecule has 0 fully saturated rings. The zero-order valence-electron chi connectivity index (χ0n) is 3.68. The summed E-state index contributed by atoms with van der Waals surface area (Å²) >= 11 is -5.62. The monoisotopic (exact) mass is 272 g/mol. The third-order valence-corrected chi connectivity index (χ3v) is 0. The number of hydrogen-bond donors (Lipinski definition) is 0. The third kappa shape index (κ3) is 71.0. The van der Waals surface area contributed by atoms with Gasteiger partial charge in [0.1, 0.15) is 0 Å². The van der Waals surface area contributed by atoms with Gasteiger partial charge >= 0.3 is 114 Å². The molecule has 47 valence electrons. The maximum atomic E-state index is 8.58. The van der Waals surface area contributed by atoms with Crippen LogP contribution in [0.4, 0.5) is 0 Å². The van der Waals surface area contributed by atoms with Crippen LogP contribution in [-0.2, 0) is 54.6 Å². The SMILES string of the molecule is [Fe+2].[K+].[Ni+2].[O]=[Mn](=[O])([O-])[O-]. The minimum atomic E-state index is -5.62. The van der Waals surface area contributed by atoms with Gasteiger partial charge in [0.15, 0.2) is 0 Å². The molecule has 0 aliphatic rings. The zero-order valence-corrected chi connectivity index (χ0v) is 10.1. The van der Waals surface area contributed by atoms with Crippen molar-refractivity contribution in [2.75, 3.05) is 0 Å². The molecule has 0 aromatic heterocycles. The van der Waals surface area contributed by atoms with E-state index in [9.17, 15) is 0 Å². The van der Waals surface area contributed by atoms with Gasteiger partial charge in [-0.05, 0) is 0 Å². The number of hydrogen-bond acceptors (Lipinski definition) is 4. The van der Waals surface area contributed by atoms with Crippen LogP contribution in [0, 0.1) is 0 Å². The molecule has 0 aromatic rings. The zero-order chi connectivity index (χ0) is 4.50. The Morgan fingerprint density at radius 1 is 1.12 bits per heavy atom. The van der Waals surface area contributed by atoms with E-state index >= 15 is 0 Å². The Hall–Kier alpha value is 2.69. The molecule has 0 unspecified atom stereocenters. The summed E-state index contributed by atoms with van der Waals surface area (Å²) in [5.41, 5.74) is 0. The molecule has 0 radical (unpaired) electrons. The van der Waals surface area contributed by atoms with Crippen LogP contribution in [0.3, 0.4) is 0 Å². The average molecular weight is 273 g/mol. The summed E-state index contributed by atoms with van der Waals surface area (Å²) in [4.78, 5) is 0. The quantitative estimate of drug-likeness (QED) is 0.412. The Bertz CT molecular complexity index is 99.2. The van der Waals surface area contributed by atoms with Crippen LogP contribution in [0.15, 0.2) is 0 Å². The van der Waals surface area contributed by atoms with Crippen molar-refractivity contribution in [1.82, 2.24) is 0 Å². The second kappa shape index (κ2) is 9.69. The molecule has 0 aliphatic heterocycles. The van der Waals surface area contributed by atoms with Crippen molar-refractivity contribution in [3.05, 3.63) is 0 Å². The Morgan fingerprint density at radius 2 is 1.12 bits per heavy atom. The summed E-state index contributed by atoms with van der Waals surface area (Å²) in [6.07, 6.45) is 0. The van der Waals surface area contributed by atoms with E-state index in [2.05, 4.69) is 0 Å². The van der Waals surface area contributed by atoms with E-state index in [1.54, 1.807) is 0 Å². The summed E-state index contributed by atoms with van der Waals surface area (Å²) < 4.78 is 34.3. The third-order valence-electron chi connectivity index (χ3n) is 0. The molecular weight excluding hydrogens is 273 g/mol. The van der Waals surface area contributed by atoms with E-state index < -0.39 is 13.4 Å². The molecule has 0 saturated heterocycles. The van der Waals surface area contributed by atoms with Crippen molar-refractivity contribution in [3.8, 4) is 0 Å². The molecule has 4 nitrogen and oxygen atoms in total. The van der Waals surface area contributed by atoms with Crippen LogP contribution in [0.1, 0.15) is 0 Å². The van der Waals surface area contributed by atoms with Crippen LogP contribution in [0.2, 0.25) is 0 Å². The van der Waals surface area contributed by atoms with Crippen LogP contribution in [0.25, 0.3) is 0 Å². The molecular formula is FeKMnNiO4+3. The predicted molar refractivity (Wildman–Crippen MR) is 1.37 cm³/mol. The molecule has 8 heteroatoms. The van der Waals surface area contributed by atoms with Gasteiger partial charge in [-0.15, -0.1) is 0 Å². The van der Waals surface area contributed by atoms with Crippen molar-refractivity contribution in [3.63, 3.8) is 0 Å². The van der Waals surface area contributed by atoms with Crippen molar-refractivity contribution >= 4 is 0 Å². The van der Waals surface area contributed by atoms with Gasteiger partial charge in [-0.3, -0.25) is 0 Å². The summed E-state index contributed by atoms with van der Waals surface area (Å²) in [6, 6.07) is 0. The second-order valence-corrected chi connectivity index (χ2v) is 1.56. The van der Waals surface area contributed by atoms with Crippen molar-refractivity contribution in [2.45, 2.75) is 0 Å². The molecule has 0 aliphatic carbocycles. The normalized spacial score (nSPS) is 7.25. The molecule has 0 heterocycles. The Morgan fingerprint density at radius 3 is 1.12 bits per heavy atom. The fourth-order valence-electron chi connectivity index (χ4n) is 0. The number of rotatable bonds is 0. The van der Waals surface area contributed by atoms with Gasteiger partial charge in [-0.1, -0.05) is 0 Å². The van der Waals surface area contributed by atoms with Gasteiger partial charge in [0.25, 0.3) is 0 Å². The second-order valence-electron chi connectivity index (χ2n) is 0.378. The molecule has 0 N–H and O–H groups in total. The standard InChI is InChI=1S/Fe.K.Mn.Ni.4O/q+2;+1;;+2;;;2*-1. The van der Waals surface area contributed by atoms with Gasteiger partial charge in [0.05, 0.1) is 0 Å². The minimum absolute atomic E-state index is 0.